The summed E-state index contributed by atoms with van der Waals surface area (Å²) in [5.74, 6) is -0.0605. The molecule has 0 radical (unpaired) electrons. The average molecular weight is 190 g/mol. The van der Waals surface area contributed by atoms with E-state index in [0.29, 0.717) is 17.7 Å². The number of hydrogen-bond donors (Lipinski definition) is 2. The predicted octanol–water partition coefficient (Wildman–Crippen LogP) is 1.30. The minimum atomic E-state index is -0.0605. The molecule has 0 fully saturated rings. The summed E-state index contributed by atoms with van der Waals surface area (Å²) in [6, 6.07) is 3.38. The second kappa shape index (κ2) is 3.51. The highest BCUT2D eigenvalue weighted by atomic mass is 16.3. The molecule has 0 unspecified atom stereocenters. The highest BCUT2D eigenvalue weighted by Crippen LogP contribution is 2.11. The van der Waals surface area contributed by atoms with E-state index >= 15 is 0 Å². The topological polar surface area (TPSA) is 72.0 Å². The van der Waals surface area contributed by atoms with Crippen molar-refractivity contribution in [2.75, 3.05) is 0 Å². The SMILES string of the molecule is NCc1cc(C(=O)c2ccoc2)c[nH]1. The summed E-state index contributed by atoms with van der Waals surface area (Å²) in [6.45, 7) is 0.401. The normalized spacial score (nSPS) is 10.4. The second-order valence-corrected chi connectivity index (χ2v) is 2.96. The van der Waals surface area contributed by atoms with E-state index in [-0.39, 0.29) is 5.78 Å². The van der Waals surface area contributed by atoms with Gasteiger partial charge in [-0.1, -0.05) is 0 Å². The fraction of sp³-hybridized carbons (Fsp3) is 0.100. The Labute approximate surface area is 80.7 Å². The van der Waals surface area contributed by atoms with Crippen LogP contribution in [0.2, 0.25) is 0 Å². The maximum absolute atomic E-state index is 11.7. The molecule has 0 atom stereocenters. The van der Waals surface area contributed by atoms with Crippen LogP contribution in [0.3, 0.4) is 0 Å². The molecule has 0 bridgehead atoms. The molecule has 0 aliphatic carbocycles. The molecule has 4 heteroatoms. The smallest absolute Gasteiger partial charge is 0.197 e. The lowest BCUT2D eigenvalue weighted by molar-refractivity contribution is 0.103. The van der Waals surface area contributed by atoms with Crippen LogP contribution in [0.4, 0.5) is 0 Å². The third-order valence-corrected chi connectivity index (χ3v) is 2.01. The molecular formula is C10H10N2O2. The first kappa shape index (κ1) is 8.77. The number of rotatable bonds is 3. The van der Waals surface area contributed by atoms with Crippen LogP contribution in [0.5, 0.6) is 0 Å². The molecule has 14 heavy (non-hydrogen) atoms. The number of carbonyl (C=O) groups is 1. The van der Waals surface area contributed by atoms with Gasteiger partial charge in [0.15, 0.2) is 5.78 Å². The quantitative estimate of drug-likeness (QED) is 0.716. The molecule has 2 aromatic rings. The van der Waals surface area contributed by atoms with Crippen molar-refractivity contribution in [3.8, 4) is 0 Å². The number of hydrogen-bond acceptors (Lipinski definition) is 3. The molecule has 0 amide bonds. The van der Waals surface area contributed by atoms with Gasteiger partial charge >= 0.3 is 0 Å². The number of nitrogens with one attached hydrogen (secondary N) is 1. The summed E-state index contributed by atoms with van der Waals surface area (Å²) in [6.07, 6.45) is 4.55. The van der Waals surface area contributed by atoms with Gasteiger partial charge in [0.05, 0.1) is 11.8 Å². The van der Waals surface area contributed by atoms with Crippen LogP contribution in [0.15, 0.2) is 35.3 Å². The number of aromatic amines is 1. The van der Waals surface area contributed by atoms with E-state index in [9.17, 15) is 4.79 Å². The van der Waals surface area contributed by atoms with Crippen LogP contribution >= 0.6 is 0 Å². The molecule has 2 heterocycles. The summed E-state index contributed by atoms with van der Waals surface area (Å²) in [4.78, 5) is 14.6. The zero-order valence-corrected chi connectivity index (χ0v) is 7.49. The highest BCUT2D eigenvalue weighted by molar-refractivity contribution is 6.08. The van der Waals surface area contributed by atoms with Crippen LogP contribution in [-0.2, 0) is 6.54 Å². The van der Waals surface area contributed by atoms with Crippen molar-refractivity contribution in [2.45, 2.75) is 6.54 Å². The average Bonchev–Trinajstić information content (AvgIpc) is 2.88. The fourth-order valence-electron chi connectivity index (χ4n) is 1.25. The Bertz CT molecular complexity index is 429. The maximum atomic E-state index is 11.7. The number of aromatic nitrogens is 1. The molecule has 72 valence electrons. The zero-order valence-electron chi connectivity index (χ0n) is 7.49. The molecule has 4 nitrogen and oxygen atoms in total. The van der Waals surface area contributed by atoms with E-state index in [1.54, 1.807) is 18.3 Å². The van der Waals surface area contributed by atoms with Gasteiger partial charge in [0.2, 0.25) is 0 Å². The van der Waals surface area contributed by atoms with Gasteiger partial charge in [0, 0.05) is 24.0 Å². The van der Waals surface area contributed by atoms with Crippen LogP contribution in [-0.4, -0.2) is 10.8 Å². The molecule has 0 saturated heterocycles. The monoisotopic (exact) mass is 190 g/mol. The lowest BCUT2D eigenvalue weighted by Gasteiger charge is -1.90. The van der Waals surface area contributed by atoms with E-state index in [1.165, 1.54) is 12.5 Å². The summed E-state index contributed by atoms with van der Waals surface area (Å²) in [5, 5.41) is 0. The lowest BCUT2D eigenvalue weighted by Crippen LogP contribution is -1.98. The van der Waals surface area contributed by atoms with Crippen molar-refractivity contribution in [1.82, 2.24) is 4.98 Å². The molecule has 2 aromatic heterocycles. The molecule has 0 saturated carbocycles. The van der Waals surface area contributed by atoms with Gasteiger partial charge in [-0.15, -0.1) is 0 Å². The highest BCUT2D eigenvalue weighted by Gasteiger charge is 2.11. The summed E-state index contributed by atoms with van der Waals surface area (Å²) in [7, 11) is 0. The van der Waals surface area contributed by atoms with Gasteiger partial charge < -0.3 is 15.1 Å². The molecule has 2 rings (SSSR count). The number of H-pyrrole nitrogens is 1. The van der Waals surface area contributed by atoms with Gasteiger partial charge in [-0.2, -0.15) is 0 Å². The Morgan fingerprint density at radius 3 is 2.93 bits per heavy atom. The van der Waals surface area contributed by atoms with Gasteiger partial charge in [-0.05, 0) is 12.1 Å². The van der Waals surface area contributed by atoms with Gasteiger partial charge in [0.25, 0.3) is 0 Å². The largest absolute Gasteiger partial charge is 0.472 e. The molecule has 0 aromatic carbocycles. The van der Waals surface area contributed by atoms with E-state index in [2.05, 4.69) is 4.98 Å². The van der Waals surface area contributed by atoms with E-state index in [4.69, 9.17) is 10.2 Å². The Kier molecular flexibility index (Phi) is 2.20. The van der Waals surface area contributed by atoms with Crippen LogP contribution in [0.1, 0.15) is 21.6 Å². The van der Waals surface area contributed by atoms with Crippen molar-refractivity contribution in [2.24, 2.45) is 5.73 Å². The van der Waals surface area contributed by atoms with Crippen molar-refractivity contribution in [1.29, 1.82) is 0 Å². The summed E-state index contributed by atoms with van der Waals surface area (Å²) in [5.41, 5.74) is 7.42. The van der Waals surface area contributed by atoms with Crippen LogP contribution in [0.25, 0.3) is 0 Å². The third kappa shape index (κ3) is 1.47. The van der Waals surface area contributed by atoms with E-state index in [1.807, 2.05) is 0 Å². The van der Waals surface area contributed by atoms with Crippen LogP contribution < -0.4 is 5.73 Å². The van der Waals surface area contributed by atoms with Crippen molar-refractivity contribution in [3.05, 3.63) is 47.7 Å². The first-order chi connectivity index (χ1) is 6.81. The van der Waals surface area contributed by atoms with Gasteiger partial charge in [-0.3, -0.25) is 4.79 Å². The number of carbonyl (C=O) groups excluding carboxylic acids is 1. The van der Waals surface area contributed by atoms with Crippen molar-refractivity contribution in [3.63, 3.8) is 0 Å². The standard InChI is InChI=1S/C10H10N2O2/c11-4-9-3-8(5-12-9)10(13)7-1-2-14-6-7/h1-3,5-6,12H,4,11H2. The zero-order chi connectivity index (χ0) is 9.97. The van der Waals surface area contributed by atoms with E-state index < -0.39 is 0 Å². The Balaban J connectivity index is 2.28. The van der Waals surface area contributed by atoms with Crippen molar-refractivity contribution < 1.29 is 9.21 Å². The number of ketones is 1. The molecule has 0 spiro atoms. The fourth-order valence-corrected chi connectivity index (χ4v) is 1.25. The van der Waals surface area contributed by atoms with E-state index in [0.717, 1.165) is 5.69 Å². The minimum Gasteiger partial charge on any atom is -0.472 e. The van der Waals surface area contributed by atoms with Crippen molar-refractivity contribution >= 4 is 5.78 Å². The van der Waals surface area contributed by atoms with Gasteiger partial charge in [-0.25, -0.2) is 0 Å². The Morgan fingerprint density at radius 2 is 2.36 bits per heavy atom. The molecule has 0 aliphatic rings. The number of nitrogens with two attached hydrogens (primary N) is 1. The maximum Gasteiger partial charge on any atom is 0.197 e. The Morgan fingerprint density at radius 1 is 1.50 bits per heavy atom. The molecular weight excluding hydrogens is 180 g/mol. The summed E-state index contributed by atoms with van der Waals surface area (Å²) < 4.78 is 4.83. The first-order valence-corrected chi connectivity index (χ1v) is 4.25. The number of furan rings is 1. The first-order valence-electron chi connectivity index (χ1n) is 4.25. The second-order valence-electron chi connectivity index (χ2n) is 2.96. The Hall–Kier alpha value is -1.81. The summed E-state index contributed by atoms with van der Waals surface area (Å²) >= 11 is 0. The predicted molar refractivity (Wildman–Crippen MR) is 50.8 cm³/mol. The van der Waals surface area contributed by atoms with Crippen LogP contribution in [0, 0.1) is 0 Å². The molecule has 3 N–H and O–H groups in total. The van der Waals surface area contributed by atoms with Gasteiger partial charge in [0.1, 0.15) is 6.26 Å². The lowest BCUT2D eigenvalue weighted by atomic mass is 10.1. The third-order valence-electron chi connectivity index (χ3n) is 2.01. The minimum absolute atomic E-state index is 0.0605. The molecule has 0 aliphatic heterocycles.